The molecule has 5 rings (SSSR count). The Bertz CT molecular complexity index is 1130. The van der Waals surface area contributed by atoms with E-state index in [-0.39, 0.29) is 45.8 Å². The molecule has 164 valence electrons. The molecule has 4 atom stereocenters. The predicted octanol–water partition coefficient (Wildman–Crippen LogP) is 3.14. The third kappa shape index (κ3) is 3.96. The highest BCUT2D eigenvalue weighted by molar-refractivity contribution is 9.10. The summed E-state index contributed by atoms with van der Waals surface area (Å²) in [5.74, 6) is -1.54. The Balaban J connectivity index is 1.33. The van der Waals surface area contributed by atoms with Crippen LogP contribution in [0.4, 0.5) is 8.78 Å². The highest BCUT2D eigenvalue weighted by Gasteiger charge is 2.48. The van der Waals surface area contributed by atoms with Crippen molar-refractivity contribution in [1.82, 2.24) is 15.0 Å². The van der Waals surface area contributed by atoms with Gasteiger partial charge >= 0.3 is 0 Å². The first kappa shape index (κ1) is 20.8. The molecule has 31 heavy (non-hydrogen) atoms. The Hall–Kier alpha value is -2.05. The molecule has 12 heteroatoms. The number of aromatic nitrogens is 3. The Kier molecular flexibility index (Phi) is 5.47. The van der Waals surface area contributed by atoms with Crippen molar-refractivity contribution in [3.05, 3.63) is 44.9 Å². The standard InChI is InChI=1S/C19H15BrClF2N3O5/c20-7-1-10(22)8(11(23)2-7)4-30-18-9(21)3-12-17(25-18)26-19(24-12)31-14-6-29-15-13(27)5-28-16(14)15/h1-3,13-16,27H,4-6H2,(H,24,25,26)/t13?,14-,15-,16-/m1/s1. The number of rotatable bonds is 5. The van der Waals surface area contributed by atoms with Gasteiger partial charge < -0.3 is 29.0 Å². The fourth-order valence-electron chi connectivity index (χ4n) is 3.58. The van der Waals surface area contributed by atoms with Crippen molar-refractivity contribution in [2.75, 3.05) is 13.2 Å². The lowest BCUT2D eigenvalue weighted by atomic mass is 10.1. The molecule has 8 nitrogen and oxygen atoms in total. The average molecular weight is 519 g/mol. The van der Waals surface area contributed by atoms with Crippen LogP contribution >= 0.6 is 27.5 Å². The average Bonchev–Trinajstić information content (AvgIpc) is 3.38. The van der Waals surface area contributed by atoms with E-state index < -0.39 is 42.7 Å². The molecule has 0 amide bonds. The van der Waals surface area contributed by atoms with Crippen LogP contribution in [0.25, 0.3) is 11.2 Å². The molecule has 3 aromatic rings. The second-order valence-electron chi connectivity index (χ2n) is 7.14. The maximum Gasteiger partial charge on any atom is 0.296 e. The molecule has 2 aliphatic heterocycles. The topological polar surface area (TPSA) is 98.7 Å². The number of aromatic amines is 1. The van der Waals surface area contributed by atoms with Gasteiger partial charge in [0.25, 0.3) is 6.01 Å². The summed E-state index contributed by atoms with van der Waals surface area (Å²) in [4.78, 5) is 11.4. The van der Waals surface area contributed by atoms with Crippen LogP contribution in [0.2, 0.25) is 5.02 Å². The lowest BCUT2D eigenvalue weighted by molar-refractivity contribution is 0.00706. The molecule has 2 saturated heterocycles. The third-order valence-electron chi connectivity index (χ3n) is 5.08. The van der Waals surface area contributed by atoms with Crippen molar-refractivity contribution in [3.8, 4) is 11.9 Å². The van der Waals surface area contributed by atoms with Gasteiger partial charge in [-0.2, -0.15) is 9.97 Å². The molecule has 1 unspecified atom stereocenters. The first-order valence-corrected chi connectivity index (χ1v) is 10.5. The summed E-state index contributed by atoms with van der Waals surface area (Å²) in [5, 5.41) is 9.95. The predicted molar refractivity (Wildman–Crippen MR) is 107 cm³/mol. The van der Waals surface area contributed by atoms with Gasteiger partial charge in [-0.15, -0.1) is 0 Å². The highest BCUT2D eigenvalue weighted by Crippen LogP contribution is 2.31. The highest BCUT2D eigenvalue weighted by atomic mass is 79.9. The first-order chi connectivity index (χ1) is 14.9. The van der Waals surface area contributed by atoms with Crippen LogP contribution < -0.4 is 9.47 Å². The number of benzene rings is 1. The Morgan fingerprint density at radius 3 is 2.68 bits per heavy atom. The minimum atomic E-state index is -0.754. The van der Waals surface area contributed by atoms with Crippen molar-refractivity contribution in [1.29, 1.82) is 0 Å². The Morgan fingerprint density at radius 2 is 1.90 bits per heavy atom. The van der Waals surface area contributed by atoms with E-state index in [4.69, 9.17) is 30.5 Å². The number of pyridine rings is 1. The molecule has 0 radical (unpaired) electrons. The summed E-state index contributed by atoms with van der Waals surface area (Å²) in [7, 11) is 0. The van der Waals surface area contributed by atoms with Crippen LogP contribution in [0.15, 0.2) is 22.7 Å². The van der Waals surface area contributed by atoms with Gasteiger partial charge in [0.15, 0.2) is 11.8 Å². The zero-order valence-corrected chi connectivity index (χ0v) is 18.0. The van der Waals surface area contributed by atoms with E-state index in [1.54, 1.807) is 0 Å². The SMILES string of the molecule is OC1CO[C@H]2[C@@H]1OC[C@H]2Oc1nc2nc(OCc3c(F)cc(Br)cc3F)c(Cl)cc2[nH]1. The molecule has 0 bridgehead atoms. The van der Waals surface area contributed by atoms with E-state index >= 15 is 0 Å². The molecular weight excluding hydrogens is 504 g/mol. The van der Waals surface area contributed by atoms with Crippen molar-refractivity contribution in [2.24, 2.45) is 0 Å². The van der Waals surface area contributed by atoms with E-state index in [1.165, 1.54) is 6.07 Å². The van der Waals surface area contributed by atoms with Gasteiger partial charge in [-0.05, 0) is 18.2 Å². The van der Waals surface area contributed by atoms with Crippen molar-refractivity contribution in [3.63, 3.8) is 0 Å². The van der Waals surface area contributed by atoms with Crippen LogP contribution in [0.1, 0.15) is 5.56 Å². The Labute approximate surface area is 187 Å². The first-order valence-electron chi connectivity index (χ1n) is 9.29. The Morgan fingerprint density at radius 1 is 1.16 bits per heavy atom. The van der Waals surface area contributed by atoms with Gasteiger partial charge in [-0.1, -0.05) is 27.5 Å². The van der Waals surface area contributed by atoms with E-state index in [0.29, 0.717) is 5.52 Å². The van der Waals surface area contributed by atoms with Crippen molar-refractivity contribution in [2.45, 2.75) is 31.0 Å². The summed E-state index contributed by atoms with van der Waals surface area (Å²) < 4.78 is 50.6. The molecule has 2 aliphatic rings. The number of halogens is 4. The largest absolute Gasteiger partial charge is 0.471 e. The molecule has 0 saturated carbocycles. The number of aliphatic hydroxyl groups is 1. The third-order valence-corrected chi connectivity index (χ3v) is 5.81. The van der Waals surface area contributed by atoms with Crippen molar-refractivity contribution < 1.29 is 32.8 Å². The van der Waals surface area contributed by atoms with Gasteiger partial charge in [0.05, 0.1) is 24.3 Å². The number of hydrogen-bond donors (Lipinski definition) is 2. The molecular formula is C19H15BrClF2N3O5. The molecule has 2 fully saturated rings. The smallest absolute Gasteiger partial charge is 0.296 e. The summed E-state index contributed by atoms with van der Waals surface area (Å²) in [5.41, 5.74) is 0.479. The van der Waals surface area contributed by atoms with Crippen LogP contribution in [0, 0.1) is 11.6 Å². The van der Waals surface area contributed by atoms with Gasteiger partial charge in [0.1, 0.15) is 41.6 Å². The number of nitrogens with one attached hydrogen (secondary N) is 1. The lowest BCUT2D eigenvalue weighted by Crippen LogP contribution is -2.34. The van der Waals surface area contributed by atoms with Crippen LogP contribution in [-0.2, 0) is 16.1 Å². The van der Waals surface area contributed by atoms with E-state index in [9.17, 15) is 13.9 Å². The van der Waals surface area contributed by atoms with Gasteiger partial charge in [0, 0.05) is 4.47 Å². The molecule has 2 aromatic heterocycles. The fourth-order valence-corrected chi connectivity index (χ4v) is 4.18. The van der Waals surface area contributed by atoms with Gasteiger partial charge in [-0.3, -0.25) is 0 Å². The van der Waals surface area contributed by atoms with Crippen molar-refractivity contribution >= 4 is 38.7 Å². The quantitative estimate of drug-likeness (QED) is 0.535. The minimum Gasteiger partial charge on any atom is -0.471 e. The van der Waals surface area contributed by atoms with Gasteiger partial charge in [-0.25, -0.2) is 8.78 Å². The van der Waals surface area contributed by atoms with E-state index in [2.05, 4.69) is 30.9 Å². The number of H-pyrrole nitrogens is 1. The molecule has 0 spiro atoms. The molecule has 4 heterocycles. The number of nitrogens with zero attached hydrogens (tertiary/aromatic N) is 2. The number of imidazole rings is 1. The number of ether oxygens (including phenoxy) is 4. The number of aliphatic hydroxyl groups excluding tert-OH is 1. The summed E-state index contributed by atoms with van der Waals surface area (Å²) in [6.07, 6.45) is -1.96. The fraction of sp³-hybridized carbons (Fsp3) is 0.368. The number of hydrogen-bond acceptors (Lipinski definition) is 7. The molecule has 2 N–H and O–H groups in total. The molecule has 0 aliphatic carbocycles. The normalized spacial score (nSPS) is 25.2. The zero-order valence-electron chi connectivity index (χ0n) is 15.6. The zero-order chi connectivity index (χ0) is 21.7. The maximum absolute atomic E-state index is 14.0. The maximum atomic E-state index is 14.0. The number of fused-ring (bicyclic) bond motifs is 2. The second kappa shape index (κ2) is 8.14. The van der Waals surface area contributed by atoms with E-state index in [1.807, 2.05) is 0 Å². The summed E-state index contributed by atoms with van der Waals surface area (Å²) >= 11 is 9.23. The summed E-state index contributed by atoms with van der Waals surface area (Å²) in [6, 6.07) is 3.97. The van der Waals surface area contributed by atoms with Gasteiger partial charge in [0.2, 0.25) is 5.88 Å². The minimum absolute atomic E-state index is 0.0274. The second-order valence-corrected chi connectivity index (χ2v) is 8.47. The van der Waals surface area contributed by atoms with Crippen LogP contribution in [-0.4, -0.2) is 57.7 Å². The summed E-state index contributed by atoms with van der Waals surface area (Å²) in [6.45, 7) is 0.0299. The monoisotopic (exact) mass is 517 g/mol. The molecule has 1 aromatic carbocycles. The van der Waals surface area contributed by atoms with E-state index in [0.717, 1.165) is 12.1 Å². The lowest BCUT2D eigenvalue weighted by Gasteiger charge is -2.15. The van der Waals surface area contributed by atoms with Crippen LogP contribution in [0.3, 0.4) is 0 Å². The van der Waals surface area contributed by atoms with Crippen LogP contribution in [0.5, 0.6) is 11.9 Å².